The van der Waals surface area contributed by atoms with E-state index in [4.69, 9.17) is 14.6 Å². The van der Waals surface area contributed by atoms with Gasteiger partial charge in [0.2, 0.25) is 20.1 Å². The molecule has 0 saturated heterocycles. The van der Waals surface area contributed by atoms with Gasteiger partial charge in [0, 0.05) is 12.1 Å². The highest BCUT2D eigenvalue weighted by molar-refractivity contribution is 7.89. The first-order valence-corrected chi connectivity index (χ1v) is 11.7. The fourth-order valence-electron chi connectivity index (χ4n) is 3.12. The van der Waals surface area contributed by atoms with Crippen LogP contribution in [0.15, 0.2) is 53.6 Å². The van der Waals surface area contributed by atoms with Crippen LogP contribution in [0, 0.1) is 0 Å². The smallest absolute Gasteiger partial charge is 0.238 e. The lowest BCUT2D eigenvalue weighted by atomic mass is 10.1. The van der Waals surface area contributed by atoms with Crippen LogP contribution in [0.1, 0.15) is 5.56 Å². The van der Waals surface area contributed by atoms with Crippen LogP contribution in [0.3, 0.4) is 0 Å². The monoisotopic (exact) mass is 459 g/mol. The Labute approximate surface area is 183 Å². The second kappa shape index (κ2) is 8.53. The number of rotatable bonds is 8. The van der Waals surface area contributed by atoms with Crippen molar-refractivity contribution in [3.05, 3.63) is 54.2 Å². The highest BCUT2D eigenvalue weighted by Gasteiger charge is 2.14. The van der Waals surface area contributed by atoms with E-state index in [1.165, 1.54) is 23.5 Å². The molecule has 2 heterocycles. The molecule has 0 unspecified atom stereocenters. The first-order chi connectivity index (χ1) is 14.9. The average Bonchev–Trinajstić information content (AvgIpc) is 3.33. The number of primary sulfonamides is 1. The van der Waals surface area contributed by atoms with E-state index >= 15 is 0 Å². The average molecular weight is 460 g/mol. The van der Waals surface area contributed by atoms with E-state index < -0.39 is 10.0 Å². The number of fused-ring (bicyclic) bond motifs is 1. The highest BCUT2D eigenvalue weighted by atomic mass is 32.2. The first kappa shape index (κ1) is 21.1. The van der Waals surface area contributed by atoms with Crippen molar-refractivity contribution < 1.29 is 17.9 Å². The van der Waals surface area contributed by atoms with Gasteiger partial charge in [-0.05, 0) is 42.3 Å². The van der Waals surface area contributed by atoms with Crippen LogP contribution >= 0.6 is 11.3 Å². The summed E-state index contributed by atoms with van der Waals surface area (Å²) in [5.74, 6) is 1.29. The third kappa shape index (κ3) is 4.48. The van der Waals surface area contributed by atoms with Crippen molar-refractivity contribution in [2.24, 2.45) is 5.14 Å². The van der Waals surface area contributed by atoms with E-state index in [0.717, 1.165) is 26.9 Å². The first-order valence-electron chi connectivity index (χ1n) is 9.31. The van der Waals surface area contributed by atoms with Gasteiger partial charge in [0.1, 0.15) is 0 Å². The molecule has 162 valence electrons. The minimum absolute atomic E-state index is 0.105. The molecule has 0 atom stereocenters. The quantitative estimate of drug-likeness (QED) is 0.416. The molecule has 0 aliphatic rings. The summed E-state index contributed by atoms with van der Waals surface area (Å²) >= 11 is 1.45. The van der Waals surface area contributed by atoms with Gasteiger partial charge in [-0.1, -0.05) is 23.5 Å². The number of nitrogens with zero attached hydrogens (tertiary/aromatic N) is 3. The zero-order valence-corrected chi connectivity index (χ0v) is 18.5. The predicted molar refractivity (Wildman–Crippen MR) is 119 cm³/mol. The Kier molecular flexibility index (Phi) is 5.81. The molecule has 4 aromatic rings. The molecular weight excluding hydrogens is 438 g/mol. The Balaban J connectivity index is 1.47. The lowest BCUT2D eigenvalue weighted by Crippen LogP contribution is -2.12. The van der Waals surface area contributed by atoms with Crippen molar-refractivity contribution in [2.75, 3.05) is 26.1 Å². The van der Waals surface area contributed by atoms with Crippen molar-refractivity contribution in [3.8, 4) is 22.8 Å². The van der Waals surface area contributed by atoms with Crippen molar-refractivity contribution in [2.45, 2.75) is 11.3 Å². The molecule has 2 aromatic heterocycles. The van der Waals surface area contributed by atoms with Gasteiger partial charge in [0.05, 0.1) is 31.0 Å². The Morgan fingerprint density at radius 1 is 1.10 bits per heavy atom. The lowest BCUT2D eigenvalue weighted by molar-refractivity contribution is 0.355. The molecule has 0 fully saturated rings. The Morgan fingerprint density at radius 3 is 2.52 bits per heavy atom. The fourth-order valence-corrected chi connectivity index (χ4v) is 4.43. The summed E-state index contributed by atoms with van der Waals surface area (Å²) in [6, 6.07) is 12.2. The zero-order valence-electron chi connectivity index (χ0n) is 16.9. The number of benzene rings is 2. The summed E-state index contributed by atoms with van der Waals surface area (Å²) in [5, 5.41) is 13.8. The molecular formula is C20H21N5O4S2. The molecule has 3 N–H and O–H groups in total. The minimum Gasteiger partial charge on any atom is -0.493 e. The third-order valence-electron chi connectivity index (χ3n) is 4.71. The van der Waals surface area contributed by atoms with Crippen LogP contribution in [-0.4, -0.2) is 43.8 Å². The predicted octanol–water partition coefficient (Wildman–Crippen LogP) is 2.78. The summed E-state index contributed by atoms with van der Waals surface area (Å²) in [7, 11) is -0.479. The third-order valence-corrected chi connectivity index (χ3v) is 6.52. The van der Waals surface area contributed by atoms with Gasteiger partial charge in [-0.25, -0.2) is 23.1 Å². The summed E-state index contributed by atoms with van der Waals surface area (Å²) in [5.41, 5.74) is 2.75. The van der Waals surface area contributed by atoms with Crippen molar-refractivity contribution >= 4 is 31.5 Å². The molecule has 0 aliphatic carbocycles. The zero-order chi connectivity index (χ0) is 22.0. The maximum atomic E-state index is 11.3. The molecule has 4 rings (SSSR count). The van der Waals surface area contributed by atoms with E-state index in [1.807, 2.05) is 18.2 Å². The second-order valence-electron chi connectivity index (χ2n) is 6.68. The van der Waals surface area contributed by atoms with Crippen LogP contribution in [0.2, 0.25) is 0 Å². The van der Waals surface area contributed by atoms with E-state index in [2.05, 4.69) is 15.4 Å². The van der Waals surface area contributed by atoms with Gasteiger partial charge in [-0.15, -0.1) is 5.10 Å². The van der Waals surface area contributed by atoms with Gasteiger partial charge < -0.3 is 14.8 Å². The van der Waals surface area contributed by atoms with Gasteiger partial charge in [-0.3, -0.25) is 0 Å². The maximum Gasteiger partial charge on any atom is 0.238 e. The molecule has 11 heteroatoms. The number of ether oxygens (including phenoxy) is 2. The standard InChI is InChI=1S/C20H21N5O4S2/c1-28-17-8-5-14(11-18(17)29-2)16-12-23-20-25(16)24-19(30-20)22-10-9-13-3-6-15(7-4-13)31(21,26)27/h3-8,11-12H,9-10H2,1-2H3,(H,22,24)(H2,21,26,27). The van der Waals surface area contributed by atoms with Gasteiger partial charge in [0.25, 0.3) is 0 Å². The molecule has 0 aliphatic heterocycles. The largest absolute Gasteiger partial charge is 0.493 e. The maximum absolute atomic E-state index is 11.3. The summed E-state index contributed by atoms with van der Waals surface area (Å²) in [4.78, 5) is 5.32. The van der Waals surface area contributed by atoms with Crippen molar-refractivity contribution in [1.29, 1.82) is 0 Å². The Hall–Kier alpha value is -3.15. The number of hydrogen-bond acceptors (Lipinski definition) is 8. The highest BCUT2D eigenvalue weighted by Crippen LogP contribution is 2.33. The summed E-state index contributed by atoms with van der Waals surface area (Å²) < 4.78 is 35.1. The number of hydrogen-bond donors (Lipinski definition) is 2. The van der Waals surface area contributed by atoms with E-state index in [9.17, 15) is 8.42 Å². The Morgan fingerprint density at radius 2 is 1.84 bits per heavy atom. The second-order valence-corrected chi connectivity index (χ2v) is 9.20. The number of aromatic nitrogens is 3. The van der Waals surface area contributed by atoms with Crippen LogP contribution in [0.4, 0.5) is 5.13 Å². The molecule has 0 saturated carbocycles. The molecule has 31 heavy (non-hydrogen) atoms. The minimum atomic E-state index is -3.68. The number of sulfonamides is 1. The van der Waals surface area contributed by atoms with Crippen LogP contribution in [0.25, 0.3) is 16.2 Å². The van der Waals surface area contributed by atoms with Crippen LogP contribution < -0.4 is 19.9 Å². The number of nitrogens with two attached hydrogens (primary N) is 1. The van der Waals surface area contributed by atoms with E-state index in [-0.39, 0.29) is 4.90 Å². The molecule has 2 aromatic carbocycles. The van der Waals surface area contributed by atoms with Crippen molar-refractivity contribution in [1.82, 2.24) is 14.6 Å². The van der Waals surface area contributed by atoms with E-state index in [1.54, 1.807) is 37.1 Å². The molecule has 0 spiro atoms. The number of methoxy groups -OCH3 is 2. The van der Waals surface area contributed by atoms with E-state index in [0.29, 0.717) is 24.5 Å². The molecule has 0 bridgehead atoms. The summed E-state index contributed by atoms with van der Waals surface area (Å²) in [6.07, 6.45) is 2.48. The van der Waals surface area contributed by atoms with Gasteiger partial charge in [-0.2, -0.15) is 0 Å². The SMILES string of the molecule is COc1ccc(-c2cnc3sc(NCCc4ccc(S(N)(=O)=O)cc4)nn23)cc1OC. The Bertz CT molecular complexity index is 1310. The summed E-state index contributed by atoms with van der Waals surface area (Å²) in [6.45, 7) is 0.636. The molecule has 0 amide bonds. The number of anilines is 1. The topological polar surface area (TPSA) is 121 Å². The van der Waals surface area contributed by atoms with Crippen LogP contribution in [-0.2, 0) is 16.4 Å². The van der Waals surface area contributed by atoms with Crippen molar-refractivity contribution in [3.63, 3.8) is 0 Å². The molecule has 9 nitrogen and oxygen atoms in total. The fraction of sp³-hybridized carbons (Fsp3) is 0.200. The molecule has 0 radical (unpaired) electrons. The lowest BCUT2D eigenvalue weighted by Gasteiger charge is -2.08. The van der Waals surface area contributed by atoms with Gasteiger partial charge in [0.15, 0.2) is 11.5 Å². The van der Waals surface area contributed by atoms with Crippen LogP contribution in [0.5, 0.6) is 11.5 Å². The number of nitrogens with one attached hydrogen (secondary N) is 1. The van der Waals surface area contributed by atoms with Gasteiger partial charge >= 0.3 is 0 Å². The normalized spacial score (nSPS) is 11.6. The number of imidazole rings is 1.